The van der Waals surface area contributed by atoms with Gasteiger partial charge in [-0.3, -0.25) is 4.79 Å². The van der Waals surface area contributed by atoms with Crippen molar-refractivity contribution in [3.05, 3.63) is 76.8 Å². The fourth-order valence-corrected chi connectivity index (χ4v) is 4.10. The number of alkyl halides is 3. The van der Waals surface area contributed by atoms with Gasteiger partial charge in [0, 0.05) is 9.86 Å². The van der Waals surface area contributed by atoms with Crippen molar-refractivity contribution in [1.29, 1.82) is 0 Å². The Kier molecular flexibility index (Phi) is 4.85. The summed E-state index contributed by atoms with van der Waals surface area (Å²) in [4.78, 5) is 22.2. The van der Waals surface area contributed by atoms with Gasteiger partial charge in [-0.1, -0.05) is 40.2 Å². The highest BCUT2D eigenvalue weighted by molar-refractivity contribution is 9.10. The number of nitrogens with one attached hydrogen (secondary N) is 1. The Morgan fingerprint density at radius 2 is 1.66 bits per heavy atom. The van der Waals surface area contributed by atoms with Crippen molar-refractivity contribution < 1.29 is 18.0 Å². The van der Waals surface area contributed by atoms with Crippen molar-refractivity contribution in [1.82, 2.24) is 14.5 Å². The van der Waals surface area contributed by atoms with Crippen LogP contribution in [-0.4, -0.2) is 20.4 Å². The van der Waals surface area contributed by atoms with Crippen LogP contribution in [0.2, 0.25) is 0 Å². The number of benzene rings is 3. The van der Waals surface area contributed by atoms with Gasteiger partial charge in [0.2, 0.25) is 5.91 Å². The minimum absolute atomic E-state index is 0.221. The molecule has 1 amide bonds. The highest BCUT2D eigenvalue weighted by Crippen LogP contribution is 2.35. The van der Waals surface area contributed by atoms with Crippen molar-refractivity contribution in [3.63, 3.8) is 0 Å². The quantitative estimate of drug-likeness (QED) is 0.324. The summed E-state index contributed by atoms with van der Waals surface area (Å²) in [6.07, 6.45) is -4.58. The van der Waals surface area contributed by atoms with Crippen LogP contribution in [-0.2, 0) is 17.5 Å². The highest BCUT2D eigenvalue weighted by Gasteiger charge is 2.33. The average molecular weight is 499 g/mol. The molecule has 0 saturated carbocycles. The number of hydrogen-bond donors (Lipinski definition) is 1. The van der Waals surface area contributed by atoms with Gasteiger partial charge in [0.1, 0.15) is 12.1 Å². The molecule has 0 bridgehead atoms. The van der Waals surface area contributed by atoms with Gasteiger partial charge in [-0.2, -0.15) is 13.2 Å². The fraction of sp³-hybridized carbons (Fsp3) is 0.0870. The number of amides is 1. The molecule has 0 aliphatic carbocycles. The molecule has 0 aliphatic heterocycles. The van der Waals surface area contributed by atoms with E-state index in [0.717, 1.165) is 15.9 Å². The SMILES string of the molecule is O=C(Cn1c2ccc(Br)cc2c2nc3ccccc3nc21)Nc1ccccc1C(F)(F)F. The van der Waals surface area contributed by atoms with Crippen LogP contribution in [0, 0.1) is 0 Å². The predicted octanol–water partition coefficient (Wildman–Crippen LogP) is 6.16. The normalized spacial score (nSPS) is 12.0. The van der Waals surface area contributed by atoms with Crippen molar-refractivity contribution in [2.75, 3.05) is 5.32 Å². The zero-order chi connectivity index (χ0) is 22.5. The summed E-state index contributed by atoms with van der Waals surface area (Å²) in [6.45, 7) is -0.221. The Bertz CT molecular complexity index is 1510. The van der Waals surface area contributed by atoms with Gasteiger partial charge in [-0.15, -0.1) is 0 Å². The van der Waals surface area contributed by atoms with Crippen molar-refractivity contribution in [2.45, 2.75) is 12.7 Å². The number of nitrogens with zero attached hydrogens (tertiary/aromatic N) is 3. The highest BCUT2D eigenvalue weighted by atomic mass is 79.9. The summed E-state index contributed by atoms with van der Waals surface area (Å²) in [6, 6.07) is 17.8. The first-order valence-corrected chi connectivity index (χ1v) is 10.4. The lowest BCUT2D eigenvalue weighted by molar-refractivity contribution is -0.137. The molecular formula is C23H14BrF3N4O. The molecule has 5 nitrogen and oxygen atoms in total. The molecule has 0 atom stereocenters. The van der Waals surface area contributed by atoms with Crippen LogP contribution < -0.4 is 5.32 Å². The average Bonchev–Trinajstić information content (AvgIpc) is 3.03. The molecule has 2 heterocycles. The van der Waals surface area contributed by atoms with Gasteiger partial charge in [0.05, 0.1) is 27.8 Å². The molecule has 0 unspecified atom stereocenters. The van der Waals surface area contributed by atoms with Crippen LogP contribution in [0.3, 0.4) is 0 Å². The van der Waals surface area contributed by atoms with E-state index >= 15 is 0 Å². The van der Waals surface area contributed by atoms with Crippen LogP contribution in [0.15, 0.2) is 71.2 Å². The number of halogens is 4. The Morgan fingerprint density at radius 1 is 0.969 bits per heavy atom. The van der Waals surface area contributed by atoms with E-state index in [1.54, 1.807) is 4.57 Å². The molecule has 5 aromatic rings. The van der Waals surface area contributed by atoms with Gasteiger partial charge < -0.3 is 9.88 Å². The zero-order valence-corrected chi connectivity index (χ0v) is 17.9. The number of fused-ring (bicyclic) bond motifs is 4. The van der Waals surface area contributed by atoms with E-state index in [2.05, 4.69) is 26.2 Å². The third kappa shape index (κ3) is 3.58. The Hall–Kier alpha value is -3.46. The first kappa shape index (κ1) is 20.4. The molecule has 32 heavy (non-hydrogen) atoms. The second kappa shape index (κ2) is 7.59. The van der Waals surface area contributed by atoms with Crippen molar-refractivity contribution in [2.24, 2.45) is 0 Å². The summed E-state index contributed by atoms with van der Waals surface area (Å²) >= 11 is 3.46. The Balaban J connectivity index is 1.61. The third-order valence-corrected chi connectivity index (χ3v) is 5.61. The second-order valence-corrected chi connectivity index (χ2v) is 8.14. The number of rotatable bonds is 3. The molecule has 0 aliphatic rings. The molecule has 3 aromatic carbocycles. The van der Waals surface area contributed by atoms with E-state index < -0.39 is 17.6 Å². The summed E-state index contributed by atoms with van der Waals surface area (Å²) in [5.74, 6) is -0.599. The van der Waals surface area contributed by atoms with Crippen LogP contribution in [0.25, 0.3) is 33.1 Å². The number of hydrogen-bond acceptors (Lipinski definition) is 3. The summed E-state index contributed by atoms with van der Waals surface area (Å²) in [5.41, 5.74) is 1.99. The molecule has 2 aromatic heterocycles. The number of aromatic nitrogens is 3. The maximum absolute atomic E-state index is 13.3. The van der Waals surface area contributed by atoms with E-state index in [0.29, 0.717) is 27.7 Å². The number of carbonyl (C=O) groups excluding carboxylic acids is 1. The van der Waals surface area contributed by atoms with Crippen LogP contribution in [0.5, 0.6) is 0 Å². The summed E-state index contributed by atoms with van der Waals surface area (Å²) in [7, 11) is 0. The third-order valence-electron chi connectivity index (χ3n) is 5.12. The number of anilines is 1. The molecule has 0 fully saturated rings. The lowest BCUT2D eigenvalue weighted by Crippen LogP contribution is -2.21. The second-order valence-electron chi connectivity index (χ2n) is 7.22. The van der Waals surface area contributed by atoms with E-state index in [4.69, 9.17) is 4.98 Å². The number of carbonyl (C=O) groups is 1. The lowest BCUT2D eigenvalue weighted by atomic mass is 10.1. The minimum Gasteiger partial charge on any atom is -0.324 e. The molecule has 5 rings (SSSR count). The Labute approximate surface area is 188 Å². The zero-order valence-electron chi connectivity index (χ0n) is 16.3. The van der Waals surface area contributed by atoms with Crippen LogP contribution in [0.1, 0.15) is 5.56 Å². The smallest absolute Gasteiger partial charge is 0.324 e. The van der Waals surface area contributed by atoms with Crippen LogP contribution in [0.4, 0.5) is 18.9 Å². The largest absolute Gasteiger partial charge is 0.418 e. The molecule has 0 radical (unpaired) electrons. The van der Waals surface area contributed by atoms with E-state index in [9.17, 15) is 18.0 Å². The molecule has 160 valence electrons. The number of para-hydroxylation sites is 3. The molecule has 0 spiro atoms. The monoisotopic (exact) mass is 498 g/mol. The van der Waals surface area contributed by atoms with Gasteiger partial charge in [-0.05, 0) is 42.5 Å². The first-order chi connectivity index (χ1) is 15.3. The minimum atomic E-state index is -4.58. The molecule has 9 heteroatoms. The fourth-order valence-electron chi connectivity index (χ4n) is 3.74. The predicted molar refractivity (Wildman–Crippen MR) is 120 cm³/mol. The first-order valence-electron chi connectivity index (χ1n) is 9.61. The van der Waals surface area contributed by atoms with Crippen LogP contribution >= 0.6 is 15.9 Å². The Morgan fingerprint density at radius 3 is 2.41 bits per heavy atom. The van der Waals surface area contributed by atoms with E-state index in [1.165, 1.54) is 18.2 Å². The standard InChI is InChI=1S/C23H14BrF3N4O/c24-13-9-10-19-14(11-13)21-22(30-18-8-4-3-7-17(18)29-21)31(19)12-20(32)28-16-6-2-1-5-15(16)23(25,26)27/h1-11H,12H2,(H,28,32). The summed E-state index contributed by atoms with van der Waals surface area (Å²) < 4.78 is 42.4. The maximum Gasteiger partial charge on any atom is 0.418 e. The van der Waals surface area contributed by atoms with Gasteiger partial charge in [0.15, 0.2) is 5.65 Å². The topological polar surface area (TPSA) is 59.8 Å². The molecule has 1 N–H and O–H groups in total. The lowest BCUT2D eigenvalue weighted by Gasteiger charge is -2.14. The van der Waals surface area contributed by atoms with Gasteiger partial charge >= 0.3 is 6.18 Å². The molecular weight excluding hydrogens is 485 g/mol. The van der Waals surface area contributed by atoms with Gasteiger partial charge in [0.25, 0.3) is 0 Å². The van der Waals surface area contributed by atoms with E-state index in [1.807, 2.05) is 42.5 Å². The van der Waals surface area contributed by atoms with E-state index in [-0.39, 0.29) is 12.2 Å². The van der Waals surface area contributed by atoms with Crippen molar-refractivity contribution in [3.8, 4) is 0 Å². The summed E-state index contributed by atoms with van der Waals surface area (Å²) in [5, 5.41) is 3.18. The van der Waals surface area contributed by atoms with Gasteiger partial charge in [-0.25, -0.2) is 9.97 Å². The maximum atomic E-state index is 13.3. The van der Waals surface area contributed by atoms with Crippen molar-refractivity contribution >= 4 is 60.6 Å². The molecule has 0 saturated heterocycles.